The monoisotopic (exact) mass is 317 g/mol. The quantitative estimate of drug-likeness (QED) is 0.461. The Morgan fingerprint density at radius 1 is 1.22 bits per heavy atom. The van der Waals surface area contributed by atoms with Crippen molar-refractivity contribution in [2.45, 2.75) is 58.6 Å². The minimum atomic E-state index is 0.511. The predicted molar refractivity (Wildman–Crippen MR) is 96.9 cm³/mol. The molecule has 2 N–H and O–H groups in total. The molecule has 2 rings (SSSR count). The van der Waals surface area contributed by atoms with Gasteiger partial charge in [-0.25, -0.2) is 0 Å². The molecule has 0 spiro atoms. The Kier molecular flexibility index (Phi) is 7.40. The molecule has 0 saturated heterocycles. The zero-order chi connectivity index (χ0) is 16.5. The summed E-state index contributed by atoms with van der Waals surface area (Å²) in [6.45, 7) is 6.80. The lowest BCUT2D eigenvalue weighted by atomic mass is 10.1. The van der Waals surface area contributed by atoms with Gasteiger partial charge < -0.3 is 15.4 Å². The normalized spacial score (nSPS) is 15.9. The SMILES string of the molecule is CN=C(NCCCOC1CCCC1)NCc1ccc(C)cc1C. The fourth-order valence-electron chi connectivity index (χ4n) is 3.03. The van der Waals surface area contributed by atoms with E-state index in [-0.39, 0.29) is 0 Å². The summed E-state index contributed by atoms with van der Waals surface area (Å²) in [6, 6.07) is 6.55. The standard InChI is InChI=1S/C19H31N3O/c1-15-9-10-17(16(2)13-15)14-22-19(20-3)21-11-6-12-23-18-7-4-5-8-18/h9-10,13,18H,4-8,11-12,14H2,1-3H3,(H2,20,21,22). The highest BCUT2D eigenvalue weighted by Gasteiger charge is 2.14. The molecule has 128 valence electrons. The van der Waals surface area contributed by atoms with E-state index in [2.05, 4.69) is 47.7 Å². The summed E-state index contributed by atoms with van der Waals surface area (Å²) in [5.41, 5.74) is 3.93. The van der Waals surface area contributed by atoms with Gasteiger partial charge in [0.15, 0.2) is 5.96 Å². The summed E-state index contributed by atoms with van der Waals surface area (Å²) >= 11 is 0. The van der Waals surface area contributed by atoms with Gasteiger partial charge in [-0.05, 0) is 44.2 Å². The van der Waals surface area contributed by atoms with Crippen molar-refractivity contribution in [1.82, 2.24) is 10.6 Å². The van der Waals surface area contributed by atoms with Crippen molar-refractivity contribution in [3.63, 3.8) is 0 Å². The summed E-state index contributed by atoms with van der Waals surface area (Å²) in [6.07, 6.45) is 6.67. The maximum Gasteiger partial charge on any atom is 0.191 e. The van der Waals surface area contributed by atoms with Crippen LogP contribution in [0.2, 0.25) is 0 Å². The van der Waals surface area contributed by atoms with Crippen LogP contribution in [0, 0.1) is 13.8 Å². The first-order chi connectivity index (χ1) is 11.2. The van der Waals surface area contributed by atoms with E-state index in [9.17, 15) is 0 Å². The first-order valence-electron chi connectivity index (χ1n) is 8.81. The molecule has 23 heavy (non-hydrogen) atoms. The molecule has 4 nitrogen and oxygen atoms in total. The van der Waals surface area contributed by atoms with Crippen LogP contribution in [0.3, 0.4) is 0 Å². The highest BCUT2D eigenvalue weighted by Crippen LogP contribution is 2.20. The van der Waals surface area contributed by atoms with E-state index in [1.807, 2.05) is 7.05 Å². The number of guanidine groups is 1. The topological polar surface area (TPSA) is 45.7 Å². The minimum absolute atomic E-state index is 0.511. The highest BCUT2D eigenvalue weighted by atomic mass is 16.5. The minimum Gasteiger partial charge on any atom is -0.378 e. The van der Waals surface area contributed by atoms with Crippen LogP contribution < -0.4 is 10.6 Å². The summed E-state index contributed by atoms with van der Waals surface area (Å²) in [4.78, 5) is 4.28. The lowest BCUT2D eigenvalue weighted by Gasteiger charge is -2.14. The van der Waals surface area contributed by atoms with Gasteiger partial charge in [-0.3, -0.25) is 4.99 Å². The Bertz CT molecular complexity index is 507. The van der Waals surface area contributed by atoms with Gasteiger partial charge in [-0.1, -0.05) is 36.6 Å². The summed E-state index contributed by atoms with van der Waals surface area (Å²) < 4.78 is 5.87. The summed E-state index contributed by atoms with van der Waals surface area (Å²) in [5, 5.41) is 6.73. The number of nitrogens with zero attached hydrogens (tertiary/aromatic N) is 1. The number of aliphatic imine (C=N–C) groups is 1. The molecule has 0 atom stereocenters. The van der Waals surface area contributed by atoms with Gasteiger partial charge in [-0.15, -0.1) is 0 Å². The van der Waals surface area contributed by atoms with Crippen LogP contribution in [0.15, 0.2) is 23.2 Å². The van der Waals surface area contributed by atoms with E-state index in [0.717, 1.165) is 32.1 Å². The molecular weight excluding hydrogens is 286 g/mol. The molecule has 0 bridgehead atoms. The molecule has 0 unspecified atom stereocenters. The molecule has 0 aliphatic heterocycles. The van der Waals surface area contributed by atoms with Crippen LogP contribution in [0.25, 0.3) is 0 Å². The van der Waals surface area contributed by atoms with Crippen LogP contribution in [0.4, 0.5) is 0 Å². The van der Waals surface area contributed by atoms with Crippen molar-refractivity contribution in [1.29, 1.82) is 0 Å². The van der Waals surface area contributed by atoms with Crippen molar-refractivity contribution in [3.8, 4) is 0 Å². The summed E-state index contributed by atoms with van der Waals surface area (Å²) in [5.74, 6) is 0.853. The van der Waals surface area contributed by atoms with E-state index in [1.54, 1.807) is 0 Å². The van der Waals surface area contributed by atoms with Crippen LogP contribution in [-0.2, 0) is 11.3 Å². The van der Waals surface area contributed by atoms with Crippen molar-refractivity contribution in [3.05, 3.63) is 34.9 Å². The average Bonchev–Trinajstić information content (AvgIpc) is 3.05. The second-order valence-electron chi connectivity index (χ2n) is 6.41. The number of nitrogens with one attached hydrogen (secondary N) is 2. The molecular formula is C19H31N3O. The largest absolute Gasteiger partial charge is 0.378 e. The molecule has 0 aromatic heterocycles. The van der Waals surface area contributed by atoms with Crippen molar-refractivity contribution in [2.75, 3.05) is 20.2 Å². The zero-order valence-corrected chi connectivity index (χ0v) is 14.8. The number of aryl methyl sites for hydroxylation is 2. The Labute approximate surface area is 140 Å². The lowest BCUT2D eigenvalue weighted by Crippen LogP contribution is -2.37. The van der Waals surface area contributed by atoms with Gasteiger partial charge in [0.1, 0.15) is 0 Å². The molecule has 0 amide bonds. The molecule has 1 saturated carbocycles. The maximum absolute atomic E-state index is 5.87. The van der Waals surface area contributed by atoms with E-state index < -0.39 is 0 Å². The third-order valence-electron chi connectivity index (χ3n) is 4.44. The van der Waals surface area contributed by atoms with E-state index >= 15 is 0 Å². The Hall–Kier alpha value is -1.55. The third kappa shape index (κ3) is 6.22. The molecule has 1 aliphatic carbocycles. The second kappa shape index (κ2) is 9.56. The Morgan fingerprint density at radius 3 is 2.70 bits per heavy atom. The van der Waals surface area contributed by atoms with Crippen molar-refractivity contribution < 1.29 is 4.74 Å². The van der Waals surface area contributed by atoms with Gasteiger partial charge in [-0.2, -0.15) is 0 Å². The number of rotatable bonds is 7. The number of ether oxygens (including phenoxy) is 1. The number of hydrogen-bond acceptors (Lipinski definition) is 2. The Balaban J connectivity index is 1.63. The first kappa shape index (κ1) is 17.8. The fourth-order valence-corrected chi connectivity index (χ4v) is 3.03. The fraction of sp³-hybridized carbons (Fsp3) is 0.632. The molecule has 4 heteroatoms. The lowest BCUT2D eigenvalue weighted by molar-refractivity contribution is 0.0574. The molecule has 1 fully saturated rings. The van der Waals surface area contributed by atoms with E-state index in [1.165, 1.54) is 42.4 Å². The van der Waals surface area contributed by atoms with Crippen LogP contribution in [0.1, 0.15) is 48.8 Å². The van der Waals surface area contributed by atoms with Crippen molar-refractivity contribution >= 4 is 5.96 Å². The highest BCUT2D eigenvalue weighted by molar-refractivity contribution is 5.79. The van der Waals surface area contributed by atoms with Gasteiger partial charge in [0, 0.05) is 26.7 Å². The summed E-state index contributed by atoms with van der Waals surface area (Å²) in [7, 11) is 1.81. The van der Waals surface area contributed by atoms with Gasteiger partial charge in [0.05, 0.1) is 6.10 Å². The second-order valence-corrected chi connectivity index (χ2v) is 6.41. The molecule has 1 aliphatic rings. The smallest absolute Gasteiger partial charge is 0.191 e. The van der Waals surface area contributed by atoms with Crippen LogP contribution >= 0.6 is 0 Å². The maximum atomic E-state index is 5.87. The average molecular weight is 317 g/mol. The number of benzene rings is 1. The molecule has 1 aromatic rings. The molecule has 1 aromatic carbocycles. The molecule has 0 radical (unpaired) electrons. The van der Waals surface area contributed by atoms with Crippen molar-refractivity contribution in [2.24, 2.45) is 4.99 Å². The van der Waals surface area contributed by atoms with E-state index in [0.29, 0.717) is 6.10 Å². The zero-order valence-electron chi connectivity index (χ0n) is 14.8. The van der Waals surface area contributed by atoms with Gasteiger partial charge in [0.2, 0.25) is 0 Å². The van der Waals surface area contributed by atoms with E-state index in [4.69, 9.17) is 4.74 Å². The first-order valence-corrected chi connectivity index (χ1v) is 8.81. The van der Waals surface area contributed by atoms with Gasteiger partial charge >= 0.3 is 0 Å². The van der Waals surface area contributed by atoms with Gasteiger partial charge in [0.25, 0.3) is 0 Å². The third-order valence-corrected chi connectivity index (χ3v) is 4.44. The van der Waals surface area contributed by atoms with Crippen LogP contribution in [0.5, 0.6) is 0 Å². The Morgan fingerprint density at radius 2 is 2.00 bits per heavy atom. The molecule has 0 heterocycles. The predicted octanol–water partition coefficient (Wildman–Crippen LogP) is 3.32. The number of hydrogen-bond donors (Lipinski definition) is 2. The van der Waals surface area contributed by atoms with Crippen LogP contribution in [-0.4, -0.2) is 32.3 Å².